The molecule has 6 heteroatoms. The average molecular weight is 438 g/mol. The molecule has 2 aromatic carbocycles. The number of halogens is 2. The summed E-state index contributed by atoms with van der Waals surface area (Å²) in [6.07, 6.45) is 1.60. The minimum Gasteiger partial charge on any atom is -0.321 e. The van der Waals surface area contributed by atoms with Crippen molar-refractivity contribution in [3.63, 3.8) is 0 Å². The summed E-state index contributed by atoms with van der Waals surface area (Å²) in [5, 5.41) is 13.5. The van der Waals surface area contributed by atoms with Crippen LogP contribution >= 0.6 is 23.2 Å². The number of amides is 1. The molecule has 0 saturated heterocycles. The van der Waals surface area contributed by atoms with Crippen molar-refractivity contribution in [2.24, 2.45) is 0 Å². The zero-order valence-corrected chi connectivity index (χ0v) is 18.7. The smallest absolute Gasteiger partial charge is 0.266 e. The van der Waals surface area contributed by atoms with Crippen LogP contribution in [0.1, 0.15) is 28.1 Å². The topological polar surface area (TPSA) is 57.8 Å². The summed E-state index contributed by atoms with van der Waals surface area (Å²) in [7, 11) is 0. The van der Waals surface area contributed by atoms with Gasteiger partial charge in [0.15, 0.2) is 0 Å². The maximum atomic E-state index is 12.6. The molecule has 1 aromatic heterocycles. The van der Waals surface area contributed by atoms with Gasteiger partial charge in [0.05, 0.1) is 0 Å². The second-order valence-electron chi connectivity index (χ2n) is 7.18. The van der Waals surface area contributed by atoms with Gasteiger partial charge in [0, 0.05) is 32.8 Å². The Morgan fingerprint density at radius 2 is 1.73 bits per heavy atom. The van der Waals surface area contributed by atoms with Crippen LogP contribution in [0.3, 0.4) is 0 Å². The lowest BCUT2D eigenvalue weighted by Crippen LogP contribution is -2.13. The molecular weight excluding hydrogens is 417 g/mol. The Bertz CT molecular complexity index is 1220. The van der Waals surface area contributed by atoms with Gasteiger partial charge in [-0.2, -0.15) is 5.26 Å². The van der Waals surface area contributed by atoms with E-state index in [-0.39, 0.29) is 5.57 Å². The van der Waals surface area contributed by atoms with E-state index < -0.39 is 5.91 Å². The molecule has 0 bridgehead atoms. The molecule has 3 rings (SSSR count). The molecule has 0 saturated carbocycles. The van der Waals surface area contributed by atoms with Crippen LogP contribution in [0.4, 0.5) is 5.69 Å². The molecule has 30 heavy (non-hydrogen) atoms. The first-order valence-corrected chi connectivity index (χ1v) is 10.1. The largest absolute Gasteiger partial charge is 0.321 e. The van der Waals surface area contributed by atoms with Gasteiger partial charge in [0.25, 0.3) is 5.91 Å². The van der Waals surface area contributed by atoms with Crippen LogP contribution in [0.2, 0.25) is 10.0 Å². The molecule has 1 N–H and O–H groups in total. The normalized spacial score (nSPS) is 11.3. The van der Waals surface area contributed by atoms with Crippen molar-refractivity contribution in [2.75, 3.05) is 5.32 Å². The van der Waals surface area contributed by atoms with Crippen molar-refractivity contribution >= 4 is 40.9 Å². The lowest BCUT2D eigenvalue weighted by Gasteiger charge is -2.13. The quantitative estimate of drug-likeness (QED) is 0.370. The molecule has 0 aliphatic rings. The zero-order chi connectivity index (χ0) is 22.0. The summed E-state index contributed by atoms with van der Waals surface area (Å²) in [6.45, 7) is 7.82. The third-order valence-corrected chi connectivity index (χ3v) is 5.62. The standard InChI is InChI=1S/C24H21Cl2N3O/c1-14-6-8-21(12-22(14)26)28-24(30)19(13-27)10-18-9-16(3)29(17(18)4)23-11-20(25)7-5-15(23)2/h5-12H,1-4H3,(H,28,30)/b19-10-. The molecule has 0 unspecified atom stereocenters. The van der Waals surface area contributed by atoms with E-state index in [1.165, 1.54) is 0 Å². The number of nitriles is 1. The maximum absolute atomic E-state index is 12.6. The van der Waals surface area contributed by atoms with E-state index >= 15 is 0 Å². The monoisotopic (exact) mass is 437 g/mol. The van der Waals surface area contributed by atoms with Crippen molar-refractivity contribution in [1.82, 2.24) is 4.57 Å². The molecule has 152 valence electrons. The van der Waals surface area contributed by atoms with Gasteiger partial charge in [-0.25, -0.2) is 0 Å². The number of nitrogens with one attached hydrogen (secondary N) is 1. The van der Waals surface area contributed by atoms with Crippen LogP contribution in [-0.4, -0.2) is 10.5 Å². The number of anilines is 1. The number of rotatable bonds is 4. The van der Waals surface area contributed by atoms with E-state index in [0.29, 0.717) is 15.7 Å². The lowest BCUT2D eigenvalue weighted by atomic mass is 10.1. The van der Waals surface area contributed by atoms with Gasteiger partial charge in [0.1, 0.15) is 11.6 Å². The SMILES string of the molecule is Cc1ccc(NC(=O)/C(C#N)=C\c2cc(C)n(-c3cc(Cl)ccc3C)c2C)cc1Cl. The molecule has 1 heterocycles. The van der Waals surface area contributed by atoms with Gasteiger partial charge in [-0.1, -0.05) is 35.3 Å². The lowest BCUT2D eigenvalue weighted by molar-refractivity contribution is -0.112. The van der Waals surface area contributed by atoms with E-state index in [4.69, 9.17) is 23.2 Å². The number of aromatic nitrogens is 1. The molecule has 3 aromatic rings. The van der Waals surface area contributed by atoms with Crippen molar-refractivity contribution in [3.8, 4) is 11.8 Å². The molecule has 0 aliphatic carbocycles. The molecule has 0 spiro atoms. The highest BCUT2D eigenvalue weighted by atomic mass is 35.5. The molecule has 0 aliphatic heterocycles. The number of aryl methyl sites for hydroxylation is 3. The minimum atomic E-state index is -0.485. The summed E-state index contributed by atoms with van der Waals surface area (Å²) < 4.78 is 2.07. The predicted molar refractivity (Wildman–Crippen MR) is 123 cm³/mol. The molecule has 0 radical (unpaired) electrons. The fourth-order valence-electron chi connectivity index (χ4n) is 3.30. The Balaban J connectivity index is 1.96. The summed E-state index contributed by atoms with van der Waals surface area (Å²) in [6, 6.07) is 14.9. The van der Waals surface area contributed by atoms with Gasteiger partial charge < -0.3 is 9.88 Å². The molecule has 1 amide bonds. The van der Waals surface area contributed by atoms with Gasteiger partial charge in [-0.15, -0.1) is 0 Å². The van der Waals surface area contributed by atoms with Crippen molar-refractivity contribution in [1.29, 1.82) is 5.26 Å². The average Bonchev–Trinajstić information content (AvgIpc) is 2.97. The van der Waals surface area contributed by atoms with Gasteiger partial charge in [-0.3, -0.25) is 4.79 Å². The fourth-order valence-corrected chi connectivity index (χ4v) is 3.65. The summed E-state index contributed by atoms with van der Waals surface area (Å²) in [5.74, 6) is -0.485. The summed E-state index contributed by atoms with van der Waals surface area (Å²) in [4.78, 5) is 12.6. The summed E-state index contributed by atoms with van der Waals surface area (Å²) in [5.41, 5.74) is 6.19. The minimum absolute atomic E-state index is 0.00904. The Kier molecular flexibility index (Phi) is 6.36. The first-order valence-electron chi connectivity index (χ1n) is 9.36. The highest BCUT2D eigenvalue weighted by molar-refractivity contribution is 6.31. The second kappa shape index (κ2) is 8.79. The Morgan fingerprint density at radius 3 is 2.40 bits per heavy atom. The van der Waals surface area contributed by atoms with E-state index in [2.05, 4.69) is 9.88 Å². The van der Waals surface area contributed by atoms with E-state index in [1.807, 2.05) is 64.1 Å². The number of nitrogens with zero attached hydrogens (tertiary/aromatic N) is 2. The van der Waals surface area contributed by atoms with Crippen LogP contribution < -0.4 is 5.32 Å². The predicted octanol–water partition coefficient (Wildman–Crippen LogP) is 6.56. The van der Waals surface area contributed by atoms with Crippen LogP contribution in [0.5, 0.6) is 0 Å². The van der Waals surface area contributed by atoms with Gasteiger partial charge in [0.2, 0.25) is 0 Å². The van der Waals surface area contributed by atoms with Gasteiger partial charge >= 0.3 is 0 Å². The van der Waals surface area contributed by atoms with E-state index in [1.54, 1.807) is 18.2 Å². The van der Waals surface area contributed by atoms with Crippen LogP contribution in [0.25, 0.3) is 11.8 Å². The Labute approximate surface area is 186 Å². The highest BCUT2D eigenvalue weighted by Crippen LogP contribution is 2.27. The molecular formula is C24H21Cl2N3O. The first kappa shape index (κ1) is 21.7. The van der Waals surface area contributed by atoms with Crippen molar-refractivity contribution in [2.45, 2.75) is 27.7 Å². The van der Waals surface area contributed by atoms with Crippen molar-refractivity contribution in [3.05, 3.63) is 86.2 Å². The number of hydrogen-bond acceptors (Lipinski definition) is 2. The number of benzene rings is 2. The summed E-state index contributed by atoms with van der Waals surface area (Å²) >= 11 is 12.3. The number of carbonyl (C=O) groups is 1. The van der Waals surface area contributed by atoms with Crippen molar-refractivity contribution < 1.29 is 4.79 Å². The van der Waals surface area contributed by atoms with Gasteiger partial charge in [-0.05, 0) is 80.8 Å². The van der Waals surface area contributed by atoms with E-state index in [9.17, 15) is 10.1 Å². The first-order chi connectivity index (χ1) is 14.2. The van der Waals surface area contributed by atoms with Crippen LogP contribution in [0, 0.1) is 39.0 Å². The Morgan fingerprint density at radius 1 is 1.03 bits per heavy atom. The fraction of sp³-hybridized carbons (Fsp3) is 0.167. The molecule has 0 fully saturated rings. The maximum Gasteiger partial charge on any atom is 0.266 e. The second-order valence-corrected chi connectivity index (χ2v) is 8.02. The van der Waals surface area contributed by atoms with Crippen LogP contribution in [-0.2, 0) is 4.79 Å². The molecule has 0 atom stereocenters. The van der Waals surface area contributed by atoms with Crippen LogP contribution in [0.15, 0.2) is 48.0 Å². The zero-order valence-electron chi connectivity index (χ0n) is 17.2. The Hall–Kier alpha value is -3.00. The third kappa shape index (κ3) is 4.43. The third-order valence-electron chi connectivity index (χ3n) is 4.98. The number of carbonyl (C=O) groups excluding carboxylic acids is 1. The number of hydrogen-bond donors (Lipinski definition) is 1. The highest BCUT2D eigenvalue weighted by Gasteiger charge is 2.15. The molecule has 4 nitrogen and oxygen atoms in total. The van der Waals surface area contributed by atoms with E-state index in [0.717, 1.165) is 33.8 Å².